The lowest BCUT2D eigenvalue weighted by Crippen LogP contribution is -2.49. The minimum Gasteiger partial charge on any atom is -0.467 e. The molecule has 6 heteroatoms. The summed E-state index contributed by atoms with van der Waals surface area (Å²) in [5.74, 6) is 1.10. The van der Waals surface area contributed by atoms with Gasteiger partial charge in [0.15, 0.2) is 0 Å². The summed E-state index contributed by atoms with van der Waals surface area (Å²) in [5.41, 5.74) is 0. The number of carbonyl (C=O) groups excluding carboxylic acids is 1. The van der Waals surface area contributed by atoms with E-state index in [1.165, 1.54) is 12.8 Å². The number of carbonyl (C=O) groups is 1. The number of nitrogens with zero attached hydrogens (tertiary/aromatic N) is 3. The van der Waals surface area contributed by atoms with Crippen molar-refractivity contribution in [3.05, 3.63) is 24.2 Å². The number of hydrogen-bond acceptors (Lipinski definition) is 5. The summed E-state index contributed by atoms with van der Waals surface area (Å²) in [5, 5.41) is 0. The van der Waals surface area contributed by atoms with E-state index >= 15 is 0 Å². The van der Waals surface area contributed by atoms with Crippen LogP contribution < -0.4 is 0 Å². The second-order valence-electron chi connectivity index (χ2n) is 7.14. The Bertz CT molecular complexity index is 514. The van der Waals surface area contributed by atoms with E-state index in [4.69, 9.17) is 9.15 Å². The van der Waals surface area contributed by atoms with Gasteiger partial charge in [-0.15, -0.1) is 0 Å². The Hall–Kier alpha value is -1.37. The van der Waals surface area contributed by atoms with Crippen molar-refractivity contribution in [1.82, 2.24) is 14.7 Å². The normalized spacial score (nSPS) is 23.3. The molecule has 25 heavy (non-hydrogen) atoms. The van der Waals surface area contributed by atoms with E-state index in [0.29, 0.717) is 6.54 Å². The molecular weight excluding hydrogens is 318 g/mol. The molecule has 6 nitrogen and oxygen atoms in total. The Kier molecular flexibility index (Phi) is 6.90. The first kappa shape index (κ1) is 18.4. The zero-order chi connectivity index (χ0) is 17.5. The monoisotopic (exact) mass is 349 g/mol. The number of furan rings is 1. The van der Waals surface area contributed by atoms with Gasteiger partial charge in [0.1, 0.15) is 5.76 Å². The fourth-order valence-corrected chi connectivity index (χ4v) is 3.72. The van der Waals surface area contributed by atoms with Gasteiger partial charge in [0.05, 0.1) is 32.1 Å². The molecular formula is C19H31N3O3. The predicted molar refractivity (Wildman–Crippen MR) is 96.3 cm³/mol. The van der Waals surface area contributed by atoms with Gasteiger partial charge in [0, 0.05) is 26.2 Å². The Balaban J connectivity index is 1.64. The van der Waals surface area contributed by atoms with Gasteiger partial charge in [0.25, 0.3) is 0 Å². The topological polar surface area (TPSA) is 49.2 Å². The van der Waals surface area contributed by atoms with Crippen LogP contribution in [0, 0.1) is 0 Å². The Labute approximate surface area is 150 Å². The van der Waals surface area contributed by atoms with Gasteiger partial charge < -0.3 is 14.1 Å². The van der Waals surface area contributed by atoms with Gasteiger partial charge in [-0.2, -0.15) is 0 Å². The highest BCUT2D eigenvalue weighted by atomic mass is 16.5. The maximum atomic E-state index is 13.3. The molecule has 2 aliphatic rings. The van der Waals surface area contributed by atoms with E-state index < -0.39 is 0 Å². The maximum Gasteiger partial charge on any atom is 0.240 e. The number of ether oxygens (including phenoxy) is 1. The second kappa shape index (κ2) is 9.36. The highest BCUT2D eigenvalue weighted by Crippen LogP contribution is 2.18. The predicted octanol–water partition coefficient (Wildman–Crippen LogP) is 1.81. The van der Waals surface area contributed by atoms with Crippen molar-refractivity contribution < 1.29 is 13.9 Å². The van der Waals surface area contributed by atoms with Gasteiger partial charge in [-0.1, -0.05) is 12.8 Å². The lowest BCUT2D eigenvalue weighted by atomic mass is 10.1. The van der Waals surface area contributed by atoms with Gasteiger partial charge in [-0.05, 0) is 38.6 Å². The molecule has 3 heterocycles. The summed E-state index contributed by atoms with van der Waals surface area (Å²) in [4.78, 5) is 19.9. The summed E-state index contributed by atoms with van der Waals surface area (Å²) < 4.78 is 10.9. The summed E-state index contributed by atoms with van der Waals surface area (Å²) in [7, 11) is 2.08. The molecule has 1 atom stereocenters. The molecule has 3 rings (SSSR count). The Morgan fingerprint density at radius 3 is 2.84 bits per heavy atom. The quantitative estimate of drug-likeness (QED) is 0.784. The Morgan fingerprint density at radius 1 is 1.24 bits per heavy atom. The van der Waals surface area contributed by atoms with Crippen LogP contribution >= 0.6 is 0 Å². The van der Waals surface area contributed by atoms with Crippen LogP contribution in [0.4, 0.5) is 0 Å². The highest BCUT2D eigenvalue weighted by molar-refractivity contribution is 5.81. The van der Waals surface area contributed by atoms with E-state index in [-0.39, 0.29) is 11.9 Å². The average Bonchev–Trinajstić information content (AvgIpc) is 3.05. The molecule has 0 unspecified atom stereocenters. The molecule has 0 radical (unpaired) electrons. The van der Waals surface area contributed by atoms with Crippen molar-refractivity contribution in [2.24, 2.45) is 0 Å². The standard InChI is InChI=1S/C19H31N3O3/c1-20-8-4-2-3-7-18(20)19(23)22(16-17-6-5-13-25-17)10-9-21-11-14-24-15-12-21/h5-6,13,18H,2-4,7-12,14-16H2,1H3/t18-/m0/s1. The molecule has 1 aromatic heterocycles. The van der Waals surface area contributed by atoms with Crippen LogP contribution in [-0.4, -0.2) is 79.6 Å². The van der Waals surface area contributed by atoms with Crippen molar-refractivity contribution in [3.8, 4) is 0 Å². The van der Waals surface area contributed by atoms with Gasteiger partial charge in [-0.3, -0.25) is 14.6 Å². The van der Waals surface area contributed by atoms with E-state index in [9.17, 15) is 4.79 Å². The third kappa shape index (κ3) is 5.30. The highest BCUT2D eigenvalue weighted by Gasteiger charge is 2.29. The first-order valence-corrected chi connectivity index (χ1v) is 9.55. The number of likely N-dealkylation sites (N-methyl/N-ethyl adjacent to an activating group) is 1. The molecule has 0 spiro atoms. The zero-order valence-electron chi connectivity index (χ0n) is 15.4. The third-order valence-corrected chi connectivity index (χ3v) is 5.33. The molecule has 0 bridgehead atoms. The zero-order valence-corrected chi connectivity index (χ0v) is 15.4. The van der Waals surface area contributed by atoms with Gasteiger partial charge in [-0.25, -0.2) is 0 Å². The van der Waals surface area contributed by atoms with Crippen LogP contribution in [0.25, 0.3) is 0 Å². The number of rotatable bonds is 6. The molecule has 0 aliphatic carbocycles. The molecule has 2 aliphatic heterocycles. The van der Waals surface area contributed by atoms with Crippen LogP contribution in [0.1, 0.15) is 31.4 Å². The van der Waals surface area contributed by atoms with Crippen molar-refractivity contribution in [1.29, 1.82) is 0 Å². The number of likely N-dealkylation sites (tertiary alicyclic amines) is 1. The summed E-state index contributed by atoms with van der Waals surface area (Å²) in [6.07, 6.45) is 6.18. The minimum atomic E-state index is 0.00199. The van der Waals surface area contributed by atoms with E-state index in [1.807, 2.05) is 17.0 Å². The van der Waals surface area contributed by atoms with E-state index in [0.717, 1.165) is 64.5 Å². The molecule has 0 aromatic carbocycles. The lowest BCUT2D eigenvalue weighted by Gasteiger charge is -2.33. The lowest BCUT2D eigenvalue weighted by molar-refractivity contribution is -0.138. The molecule has 140 valence electrons. The third-order valence-electron chi connectivity index (χ3n) is 5.33. The number of amides is 1. The fourth-order valence-electron chi connectivity index (χ4n) is 3.72. The van der Waals surface area contributed by atoms with Gasteiger partial charge in [0.2, 0.25) is 5.91 Å². The van der Waals surface area contributed by atoms with Gasteiger partial charge >= 0.3 is 0 Å². The molecule has 2 fully saturated rings. The molecule has 2 saturated heterocycles. The molecule has 0 saturated carbocycles. The van der Waals surface area contributed by atoms with Crippen LogP contribution in [0.3, 0.4) is 0 Å². The van der Waals surface area contributed by atoms with Crippen LogP contribution in [0.2, 0.25) is 0 Å². The smallest absolute Gasteiger partial charge is 0.240 e. The molecule has 1 aromatic rings. The van der Waals surface area contributed by atoms with E-state index in [1.54, 1.807) is 6.26 Å². The van der Waals surface area contributed by atoms with Crippen LogP contribution in [0.15, 0.2) is 22.8 Å². The molecule has 0 N–H and O–H groups in total. The van der Waals surface area contributed by atoms with Crippen LogP contribution in [-0.2, 0) is 16.1 Å². The number of hydrogen-bond donors (Lipinski definition) is 0. The first-order valence-electron chi connectivity index (χ1n) is 9.55. The van der Waals surface area contributed by atoms with E-state index in [2.05, 4.69) is 16.8 Å². The van der Waals surface area contributed by atoms with Crippen LogP contribution in [0.5, 0.6) is 0 Å². The maximum absolute atomic E-state index is 13.3. The minimum absolute atomic E-state index is 0.00199. The van der Waals surface area contributed by atoms with Crippen molar-refractivity contribution in [2.75, 3.05) is 53.0 Å². The fraction of sp³-hybridized carbons (Fsp3) is 0.737. The van der Waals surface area contributed by atoms with Crippen molar-refractivity contribution >= 4 is 5.91 Å². The van der Waals surface area contributed by atoms with Crippen molar-refractivity contribution in [2.45, 2.75) is 38.3 Å². The second-order valence-corrected chi connectivity index (χ2v) is 7.14. The SMILES string of the molecule is CN1CCCCC[C@H]1C(=O)N(CCN1CCOCC1)Cc1ccco1. The summed E-state index contributed by atoms with van der Waals surface area (Å²) in [6, 6.07) is 3.84. The average molecular weight is 349 g/mol. The Morgan fingerprint density at radius 2 is 2.08 bits per heavy atom. The van der Waals surface area contributed by atoms with Crippen molar-refractivity contribution in [3.63, 3.8) is 0 Å². The number of morpholine rings is 1. The summed E-state index contributed by atoms with van der Waals surface area (Å²) >= 11 is 0. The summed E-state index contributed by atoms with van der Waals surface area (Å²) in [6.45, 7) is 6.68. The molecule has 1 amide bonds. The largest absolute Gasteiger partial charge is 0.467 e. The first-order chi connectivity index (χ1) is 12.2.